The number of rotatable bonds is 7. The van der Waals surface area contributed by atoms with Crippen LogP contribution in [0.15, 0.2) is 233 Å². The number of nitrogens with zero attached hydrogens (tertiary/aromatic N) is 1. The summed E-state index contributed by atoms with van der Waals surface area (Å²) in [6, 6.07) is 79.8. The average molecular weight is 780 g/mol. The van der Waals surface area contributed by atoms with E-state index in [4.69, 9.17) is 8.83 Å². The summed E-state index contributed by atoms with van der Waals surface area (Å²) in [4.78, 5) is 2.34. The van der Waals surface area contributed by atoms with Crippen molar-refractivity contribution in [3.63, 3.8) is 0 Å². The minimum atomic E-state index is 0.857. The van der Waals surface area contributed by atoms with Crippen molar-refractivity contribution in [2.45, 2.75) is 0 Å². The Kier molecular flexibility index (Phi) is 8.17. The summed E-state index contributed by atoms with van der Waals surface area (Å²) in [5, 5.41) is 6.74. The number of para-hydroxylation sites is 1. The van der Waals surface area contributed by atoms with E-state index in [1.807, 2.05) is 24.3 Å². The molecular weight excluding hydrogens is 743 g/mol. The first kappa shape index (κ1) is 34.9. The maximum atomic E-state index is 6.69. The lowest BCUT2D eigenvalue weighted by molar-refractivity contribution is 0.663. The van der Waals surface area contributed by atoms with Crippen LogP contribution in [0.4, 0.5) is 17.1 Å². The first-order chi connectivity index (χ1) is 30.2. The van der Waals surface area contributed by atoms with Crippen LogP contribution in [0.3, 0.4) is 0 Å². The van der Waals surface area contributed by atoms with Crippen molar-refractivity contribution >= 4 is 71.7 Å². The molecule has 0 saturated heterocycles. The van der Waals surface area contributed by atoms with Gasteiger partial charge in [0.2, 0.25) is 0 Å². The van der Waals surface area contributed by atoms with Crippen LogP contribution in [0.5, 0.6) is 0 Å². The molecule has 0 unspecified atom stereocenters. The molecule has 0 aliphatic carbocycles. The van der Waals surface area contributed by atoms with Gasteiger partial charge in [-0.3, -0.25) is 0 Å². The summed E-state index contributed by atoms with van der Waals surface area (Å²) in [6.07, 6.45) is 0. The second kappa shape index (κ2) is 14.3. The van der Waals surface area contributed by atoms with Crippen LogP contribution in [0.1, 0.15) is 0 Å². The Morgan fingerprint density at radius 2 is 0.623 bits per heavy atom. The molecule has 0 aliphatic rings. The van der Waals surface area contributed by atoms with E-state index in [9.17, 15) is 0 Å². The van der Waals surface area contributed by atoms with Gasteiger partial charge in [-0.05, 0) is 116 Å². The zero-order chi connectivity index (χ0) is 40.3. The number of furan rings is 2. The molecule has 0 aliphatic heterocycles. The van der Waals surface area contributed by atoms with Crippen molar-refractivity contribution < 1.29 is 8.83 Å². The zero-order valence-corrected chi connectivity index (χ0v) is 33.1. The van der Waals surface area contributed by atoms with Gasteiger partial charge >= 0.3 is 0 Å². The van der Waals surface area contributed by atoms with Gasteiger partial charge in [0.25, 0.3) is 0 Å². The Morgan fingerprint density at radius 1 is 0.246 bits per heavy atom. The van der Waals surface area contributed by atoms with E-state index in [1.165, 1.54) is 38.8 Å². The van der Waals surface area contributed by atoms with E-state index >= 15 is 0 Å². The molecule has 0 fully saturated rings. The lowest BCUT2D eigenvalue weighted by Crippen LogP contribution is -2.09. The average Bonchev–Trinajstić information content (AvgIpc) is 3.91. The molecule has 0 N–H and O–H groups in total. The van der Waals surface area contributed by atoms with Crippen LogP contribution < -0.4 is 4.90 Å². The van der Waals surface area contributed by atoms with Gasteiger partial charge in [-0.15, -0.1) is 0 Å². The summed E-state index contributed by atoms with van der Waals surface area (Å²) in [7, 11) is 0. The highest BCUT2D eigenvalue weighted by molar-refractivity contribution is 6.31. The fourth-order valence-electron chi connectivity index (χ4n) is 9.14. The maximum absolute atomic E-state index is 6.69. The molecule has 0 spiro atoms. The molecule has 2 aromatic heterocycles. The third-order valence-corrected chi connectivity index (χ3v) is 12.1. The monoisotopic (exact) mass is 779 g/mol. The Hall–Kier alpha value is -8.14. The second-order valence-corrected chi connectivity index (χ2v) is 15.6. The van der Waals surface area contributed by atoms with E-state index in [0.29, 0.717) is 0 Å². The number of anilines is 3. The van der Waals surface area contributed by atoms with Crippen LogP contribution in [0.2, 0.25) is 0 Å². The number of fused-ring (bicyclic) bond motifs is 9. The lowest BCUT2D eigenvalue weighted by Gasteiger charge is -2.26. The molecule has 0 bridgehead atoms. The van der Waals surface area contributed by atoms with Gasteiger partial charge in [-0.2, -0.15) is 0 Å². The molecule has 286 valence electrons. The summed E-state index contributed by atoms with van der Waals surface area (Å²) < 4.78 is 13.0. The predicted molar refractivity (Wildman–Crippen MR) is 255 cm³/mol. The van der Waals surface area contributed by atoms with E-state index in [1.54, 1.807) is 0 Å². The van der Waals surface area contributed by atoms with Gasteiger partial charge in [0.1, 0.15) is 22.3 Å². The number of hydrogen-bond acceptors (Lipinski definition) is 3. The highest BCUT2D eigenvalue weighted by Gasteiger charge is 2.20. The van der Waals surface area contributed by atoms with Gasteiger partial charge in [-0.1, -0.05) is 164 Å². The summed E-state index contributed by atoms with van der Waals surface area (Å²) in [5.41, 5.74) is 16.1. The van der Waals surface area contributed by atoms with Crippen molar-refractivity contribution in [3.8, 4) is 44.5 Å². The molecule has 2 heterocycles. The third kappa shape index (κ3) is 5.98. The third-order valence-electron chi connectivity index (χ3n) is 12.1. The standard InChI is InChI=1S/C58H37NO2/c1-3-11-38(12-4-1)40-19-21-41(22-20-40)43-25-31-46(32-26-43)59(45-29-23-42(24-30-45)39-13-5-2-6-14-39)47-33-27-44(28-34-47)51-37-55-56(49-16-8-7-15-48(49)51)58-54(61-55)36-35-53-57(58)50-17-9-10-18-52(50)60-53/h1-37H. The fraction of sp³-hybridized carbons (Fsp3) is 0. The van der Waals surface area contributed by atoms with Crippen molar-refractivity contribution in [3.05, 3.63) is 224 Å². The maximum Gasteiger partial charge on any atom is 0.136 e. The quantitative estimate of drug-likeness (QED) is 0.161. The molecule has 3 heteroatoms. The smallest absolute Gasteiger partial charge is 0.136 e. The number of hydrogen-bond donors (Lipinski definition) is 0. The Labute approximate surface area is 353 Å². The molecule has 61 heavy (non-hydrogen) atoms. The summed E-state index contributed by atoms with van der Waals surface area (Å²) >= 11 is 0. The van der Waals surface area contributed by atoms with Gasteiger partial charge in [0.05, 0.1) is 0 Å². The first-order valence-corrected chi connectivity index (χ1v) is 20.7. The normalized spacial score (nSPS) is 11.6. The predicted octanol–water partition coefficient (Wildman–Crippen LogP) is 16.8. The van der Waals surface area contributed by atoms with Crippen molar-refractivity contribution in [1.29, 1.82) is 0 Å². The molecule has 0 radical (unpaired) electrons. The van der Waals surface area contributed by atoms with Crippen LogP contribution in [0, 0.1) is 0 Å². The highest BCUT2D eigenvalue weighted by atomic mass is 16.3. The minimum Gasteiger partial charge on any atom is -0.456 e. The van der Waals surface area contributed by atoms with Crippen LogP contribution in [-0.2, 0) is 0 Å². The van der Waals surface area contributed by atoms with E-state index in [0.717, 1.165) is 77.5 Å². The van der Waals surface area contributed by atoms with Gasteiger partial charge < -0.3 is 13.7 Å². The van der Waals surface area contributed by atoms with Crippen molar-refractivity contribution in [1.82, 2.24) is 0 Å². The van der Waals surface area contributed by atoms with Crippen LogP contribution >= 0.6 is 0 Å². The Morgan fingerprint density at radius 3 is 1.16 bits per heavy atom. The minimum absolute atomic E-state index is 0.857. The van der Waals surface area contributed by atoms with E-state index in [2.05, 4.69) is 205 Å². The van der Waals surface area contributed by atoms with Crippen LogP contribution in [-0.4, -0.2) is 0 Å². The van der Waals surface area contributed by atoms with Gasteiger partial charge in [0, 0.05) is 38.6 Å². The van der Waals surface area contributed by atoms with Gasteiger partial charge in [0.15, 0.2) is 0 Å². The molecule has 0 atom stereocenters. The van der Waals surface area contributed by atoms with Gasteiger partial charge in [-0.25, -0.2) is 0 Å². The SMILES string of the molecule is c1ccc(-c2ccc(-c3ccc(N(c4ccc(-c5ccccc5)cc4)c4ccc(-c5cc6oc7ccc8oc9ccccc9c8c7c6c6ccccc56)cc4)cc3)cc2)cc1. The highest BCUT2D eigenvalue weighted by Crippen LogP contribution is 2.45. The molecular formula is C58H37NO2. The van der Waals surface area contributed by atoms with E-state index < -0.39 is 0 Å². The van der Waals surface area contributed by atoms with E-state index in [-0.39, 0.29) is 0 Å². The topological polar surface area (TPSA) is 29.5 Å². The summed E-state index contributed by atoms with van der Waals surface area (Å²) in [5.74, 6) is 0. The molecule has 0 amide bonds. The first-order valence-electron chi connectivity index (χ1n) is 20.7. The number of benzene rings is 10. The molecule has 12 aromatic rings. The molecule has 3 nitrogen and oxygen atoms in total. The van der Waals surface area contributed by atoms with Crippen LogP contribution in [0.25, 0.3) is 99.2 Å². The van der Waals surface area contributed by atoms with Crippen molar-refractivity contribution in [2.24, 2.45) is 0 Å². The Balaban J connectivity index is 0.945. The zero-order valence-electron chi connectivity index (χ0n) is 33.1. The summed E-state index contributed by atoms with van der Waals surface area (Å²) in [6.45, 7) is 0. The molecule has 0 saturated carbocycles. The lowest BCUT2D eigenvalue weighted by atomic mass is 9.94. The van der Waals surface area contributed by atoms with Crippen molar-refractivity contribution in [2.75, 3.05) is 4.90 Å². The fourth-order valence-corrected chi connectivity index (χ4v) is 9.14. The largest absolute Gasteiger partial charge is 0.456 e. The Bertz CT molecular complexity index is 3530. The molecule has 10 aromatic carbocycles. The molecule has 12 rings (SSSR count). The second-order valence-electron chi connectivity index (χ2n) is 15.6.